The Bertz CT molecular complexity index is 380. The summed E-state index contributed by atoms with van der Waals surface area (Å²) >= 11 is 0. The second-order valence-electron chi connectivity index (χ2n) is 6.82. The van der Waals surface area contributed by atoms with Gasteiger partial charge in [-0.2, -0.15) is 0 Å². The first-order chi connectivity index (χ1) is 10.6. The lowest BCUT2D eigenvalue weighted by molar-refractivity contribution is -0.142. The van der Waals surface area contributed by atoms with Gasteiger partial charge in [-0.15, -0.1) is 0 Å². The highest BCUT2D eigenvalue weighted by atomic mass is 16.4. The van der Waals surface area contributed by atoms with Crippen molar-refractivity contribution >= 4 is 12.0 Å². The van der Waals surface area contributed by atoms with Crippen LogP contribution in [0, 0.1) is 17.8 Å². The van der Waals surface area contributed by atoms with E-state index < -0.39 is 5.97 Å². The lowest BCUT2D eigenvalue weighted by atomic mass is 9.82. The lowest BCUT2D eigenvalue weighted by Crippen LogP contribution is -2.45. The number of urea groups is 1. The first kappa shape index (κ1) is 17.1. The monoisotopic (exact) mass is 312 g/mol. The maximum Gasteiger partial charge on any atom is 0.315 e. The van der Waals surface area contributed by atoms with Gasteiger partial charge in [0.15, 0.2) is 0 Å². The van der Waals surface area contributed by atoms with E-state index >= 15 is 0 Å². The van der Waals surface area contributed by atoms with Crippen LogP contribution in [0.1, 0.15) is 51.4 Å². The van der Waals surface area contributed by atoms with Crippen LogP contribution in [0.25, 0.3) is 0 Å². The Hall–Kier alpha value is -1.30. The Morgan fingerprint density at radius 1 is 1.00 bits per heavy atom. The molecule has 126 valence electrons. The van der Waals surface area contributed by atoms with Crippen LogP contribution in [0.5, 0.6) is 0 Å². The summed E-state index contributed by atoms with van der Waals surface area (Å²) in [6.07, 6.45) is 7.06. The number of aliphatic carboxylic acids is 1. The van der Waals surface area contributed by atoms with Crippen LogP contribution in [-0.2, 0) is 4.79 Å². The molecule has 0 spiro atoms. The molecule has 0 aromatic rings. The van der Waals surface area contributed by atoms with Crippen LogP contribution in [-0.4, -0.2) is 41.4 Å². The number of aliphatic hydroxyl groups is 1. The zero-order valence-electron chi connectivity index (χ0n) is 13.1. The molecule has 0 saturated heterocycles. The predicted molar refractivity (Wildman–Crippen MR) is 82.5 cm³/mol. The van der Waals surface area contributed by atoms with E-state index in [9.17, 15) is 14.7 Å². The highest BCUT2D eigenvalue weighted by Gasteiger charge is 2.27. The molecule has 0 unspecified atom stereocenters. The Kier molecular flexibility index (Phi) is 6.49. The number of carboxylic acids is 1. The maximum atomic E-state index is 11.9. The molecule has 0 heterocycles. The van der Waals surface area contributed by atoms with Gasteiger partial charge in [0.25, 0.3) is 0 Å². The molecular weight excluding hydrogens is 284 g/mol. The van der Waals surface area contributed by atoms with Crippen LogP contribution in [0.3, 0.4) is 0 Å². The molecule has 6 heteroatoms. The number of carbonyl (C=O) groups is 2. The molecular formula is C16H28N2O4. The number of hydrogen-bond acceptors (Lipinski definition) is 3. The molecule has 4 N–H and O–H groups in total. The summed E-state index contributed by atoms with van der Waals surface area (Å²) in [4.78, 5) is 22.8. The number of amides is 2. The van der Waals surface area contributed by atoms with Crippen LogP contribution in [0.15, 0.2) is 0 Å². The van der Waals surface area contributed by atoms with E-state index in [0.717, 1.165) is 38.5 Å². The van der Waals surface area contributed by atoms with Crippen molar-refractivity contribution in [3.63, 3.8) is 0 Å². The Labute approximate surface area is 131 Å². The van der Waals surface area contributed by atoms with Gasteiger partial charge in [-0.1, -0.05) is 6.42 Å². The molecule has 0 aliphatic heterocycles. The summed E-state index contributed by atoms with van der Waals surface area (Å²) in [6.45, 7) is 0.905. The van der Waals surface area contributed by atoms with Crippen LogP contribution >= 0.6 is 0 Å². The Morgan fingerprint density at radius 2 is 1.68 bits per heavy atom. The number of nitrogens with one attached hydrogen (secondary N) is 2. The zero-order valence-corrected chi connectivity index (χ0v) is 13.1. The summed E-state index contributed by atoms with van der Waals surface area (Å²) in [5.41, 5.74) is 0. The van der Waals surface area contributed by atoms with Crippen LogP contribution in [0.4, 0.5) is 4.79 Å². The summed E-state index contributed by atoms with van der Waals surface area (Å²) < 4.78 is 0. The molecule has 2 amide bonds. The van der Waals surface area contributed by atoms with Crippen LogP contribution in [0.2, 0.25) is 0 Å². The fourth-order valence-electron chi connectivity index (χ4n) is 3.71. The van der Waals surface area contributed by atoms with Gasteiger partial charge in [0.2, 0.25) is 0 Å². The maximum absolute atomic E-state index is 11.9. The van der Waals surface area contributed by atoms with E-state index in [2.05, 4.69) is 10.6 Å². The number of carboxylic acid groups (broad SMARTS) is 1. The van der Waals surface area contributed by atoms with Crippen LogP contribution < -0.4 is 10.6 Å². The Morgan fingerprint density at radius 3 is 2.32 bits per heavy atom. The first-order valence-electron chi connectivity index (χ1n) is 8.46. The number of aliphatic hydroxyl groups excluding tert-OH is 1. The topological polar surface area (TPSA) is 98.7 Å². The molecule has 2 aliphatic carbocycles. The van der Waals surface area contributed by atoms with E-state index in [0.29, 0.717) is 31.2 Å². The summed E-state index contributed by atoms with van der Waals surface area (Å²) in [7, 11) is 0. The summed E-state index contributed by atoms with van der Waals surface area (Å²) in [5, 5.41) is 24.1. The minimum Gasteiger partial charge on any atom is -0.481 e. The minimum absolute atomic E-state index is 0.0900. The van der Waals surface area contributed by atoms with Gasteiger partial charge >= 0.3 is 12.0 Å². The summed E-state index contributed by atoms with van der Waals surface area (Å²) in [6, 6.07) is -0.0583. The van der Waals surface area contributed by atoms with E-state index in [-0.39, 0.29) is 24.6 Å². The molecule has 0 aromatic heterocycles. The first-order valence-corrected chi connectivity index (χ1v) is 8.46. The number of hydrogen-bond donors (Lipinski definition) is 4. The van der Waals surface area contributed by atoms with Crippen molar-refractivity contribution in [1.82, 2.24) is 10.6 Å². The van der Waals surface area contributed by atoms with E-state index in [1.54, 1.807) is 0 Å². The van der Waals surface area contributed by atoms with Gasteiger partial charge in [0.05, 0.1) is 5.92 Å². The van der Waals surface area contributed by atoms with Crippen molar-refractivity contribution in [2.45, 2.75) is 57.4 Å². The smallest absolute Gasteiger partial charge is 0.315 e. The minimum atomic E-state index is -0.723. The number of rotatable bonds is 5. The predicted octanol–water partition coefficient (Wildman–Crippen LogP) is 1.73. The second kappa shape index (κ2) is 8.36. The van der Waals surface area contributed by atoms with Crippen molar-refractivity contribution in [1.29, 1.82) is 0 Å². The normalized spacial score (nSPS) is 32.2. The molecule has 2 fully saturated rings. The average molecular weight is 312 g/mol. The number of carbonyl (C=O) groups excluding carboxylic acids is 1. The Balaban J connectivity index is 1.63. The standard InChI is InChI=1S/C16H28N2O4/c19-10-12-3-1-2-11(8-12)9-17-16(22)18-14-6-4-13(5-7-14)15(20)21/h11-14,19H,1-10H2,(H,20,21)(H2,17,18,22)/t11-,12+,13?,14?/m0/s1. The van der Waals surface area contributed by atoms with Gasteiger partial charge in [-0.3, -0.25) is 4.79 Å². The molecule has 2 saturated carbocycles. The third kappa shape index (κ3) is 5.16. The SMILES string of the molecule is O=C(NC[C@H]1CCC[C@@H](CO)C1)NC1CCC(C(=O)O)CC1. The fourth-order valence-corrected chi connectivity index (χ4v) is 3.71. The fraction of sp³-hybridized carbons (Fsp3) is 0.875. The van der Waals surface area contributed by atoms with Gasteiger partial charge in [0.1, 0.15) is 0 Å². The van der Waals surface area contributed by atoms with Crippen molar-refractivity contribution in [2.24, 2.45) is 17.8 Å². The molecule has 2 atom stereocenters. The lowest BCUT2D eigenvalue weighted by Gasteiger charge is -2.29. The second-order valence-corrected chi connectivity index (χ2v) is 6.82. The largest absolute Gasteiger partial charge is 0.481 e. The highest BCUT2D eigenvalue weighted by Crippen LogP contribution is 2.28. The van der Waals surface area contributed by atoms with Crippen molar-refractivity contribution in [3.8, 4) is 0 Å². The molecule has 0 radical (unpaired) electrons. The average Bonchev–Trinajstić information content (AvgIpc) is 2.53. The highest BCUT2D eigenvalue weighted by molar-refractivity contribution is 5.74. The third-order valence-corrected chi connectivity index (χ3v) is 5.11. The summed E-state index contributed by atoms with van der Waals surface area (Å²) in [5.74, 6) is -0.133. The molecule has 22 heavy (non-hydrogen) atoms. The molecule has 0 bridgehead atoms. The van der Waals surface area contributed by atoms with Gasteiger partial charge < -0.3 is 20.8 Å². The molecule has 6 nitrogen and oxygen atoms in total. The molecule has 2 aliphatic rings. The van der Waals surface area contributed by atoms with Crippen molar-refractivity contribution in [3.05, 3.63) is 0 Å². The van der Waals surface area contributed by atoms with Crippen molar-refractivity contribution in [2.75, 3.05) is 13.2 Å². The quantitative estimate of drug-likeness (QED) is 0.621. The van der Waals surface area contributed by atoms with Gasteiger partial charge in [0, 0.05) is 19.2 Å². The molecule has 2 rings (SSSR count). The third-order valence-electron chi connectivity index (χ3n) is 5.11. The van der Waals surface area contributed by atoms with E-state index in [1.807, 2.05) is 0 Å². The van der Waals surface area contributed by atoms with E-state index in [1.165, 1.54) is 0 Å². The van der Waals surface area contributed by atoms with Crippen molar-refractivity contribution < 1.29 is 19.8 Å². The van der Waals surface area contributed by atoms with Gasteiger partial charge in [-0.25, -0.2) is 4.79 Å². The van der Waals surface area contributed by atoms with Gasteiger partial charge in [-0.05, 0) is 56.8 Å². The van der Waals surface area contributed by atoms with E-state index in [4.69, 9.17) is 5.11 Å². The molecule has 0 aromatic carbocycles. The zero-order chi connectivity index (χ0) is 15.9.